The molecule has 1 fully saturated rings. The number of hydrogen-bond acceptors (Lipinski definition) is 2. The van der Waals surface area contributed by atoms with E-state index in [2.05, 4.69) is 11.9 Å². The minimum Gasteiger partial charge on any atom is -0.465 e. The van der Waals surface area contributed by atoms with Crippen LogP contribution in [0.1, 0.15) is 12.8 Å². The Morgan fingerprint density at radius 1 is 1.47 bits per heavy atom. The van der Waals surface area contributed by atoms with Crippen molar-refractivity contribution in [3.05, 3.63) is 12.7 Å². The van der Waals surface area contributed by atoms with Crippen LogP contribution in [0.2, 0.25) is 0 Å². The third-order valence-electron chi connectivity index (χ3n) is 2.64. The lowest BCUT2D eigenvalue weighted by Crippen LogP contribution is -2.40. The van der Waals surface area contributed by atoms with Crippen molar-refractivity contribution >= 4 is 12.0 Å². The van der Waals surface area contributed by atoms with Gasteiger partial charge < -0.3 is 15.3 Å². The van der Waals surface area contributed by atoms with Crippen LogP contribution >= 0.6 is 0 Å². The van der Waals surface area contributed by atoms with Crippen molar-refractivity contribution in [3.8, 4) is 0 Å². The van der Waals surface area contributed by atoms with Crippen molar-refractivity contribution in [1.29, 1.82) is 0 Å². The lowest BCUT2D eigenvalue weighted by atomic mass is 9.97. The van der Waals surface area contributed by atoms with E-state index in [0.717, 1.165) is 12.8 Å². The summed E-state index contributed by atoms with van der Waals surface area (Å²) in [6.07, 6.45) is 2.02. The van der Waals surface area contributed by atoms with E-state index in [-0.39, 0.29) is 5.91 Å². The van der Waals surface area contributed by atoms with E-state index in [1.807, 2.05) is 0 Å². The quantitative estimate of drug-likeness (QED) is 0.676. The Morgan fingerprint density at radius 3 is 2.53 bits per heavy atom. The van der Waals surface area contributed by atoms with Crippen LogP contribution in [0.3, 0.4) is 0 Å². The second kappa shape index (κ2) is 5.38. The van der Waals surface area contributed by atoms with Crippen LogP contribution in [0, 0.1) is 5.92 Å². The largest absolute Gasteiger partial charge is 0.465 e. The summed E-state index contributed by atoms with van der Waals surface area (Å²) in [4.78, 5) is 23.3. The zero-order chi connectivity index (χ0) is 11.3. The molecule has 1 heterocycles. The molecule has 1 rings (SSSR count). The number of nitrogens with one attached hydrogen (secondary N) is 1. The molecule has 0 aromatic rings. The average molecular weight is 212 g/mol. The molecule has 0 spiro atoms. The molecule has 0 bridgehead atoms. The van der Waals surface area contributed by atoms with E-state index >= 15 is 0 Å². The van der Waals surface area contributed by atoms with Gasteiger partial charge in [-0.3, -0.25) is 4.79 Å². The minimum atomic E-state index is -0.986. The van der Waals surface area contributed by atoms with Gasteiger partial charge in [-0.05, 0) is 24.8 Å². The summed E-state index contributed by atoms with van der Waals surface area (Å²) in [7, 11) is 0. The first-order chi connectivity index (χ1) is 7.13. The Labute approximate surface area is 88.8 Å². The molecule has 0 radical (unpaired) electrons. The van der Waals surface area contributed by atoms with Crippen molar-refractivity contribution in [2.24, 2.45) is 5.92 Å². The number of carbonyl (C=O) groups is 2. The minimum absolute atomic E-state index is 0.0420. The second-order valence-corrected chi connectivity index (χ2v) is 3.66. The molecule has 0 saturated carbocycles. The Morgan fingerprint density at radius 2 is 2.07 bits per heavy atom. The zero-order valence-corrected chi connectivity index (χ0v) is 8.61. The third kappa shape index (κ3) is 3.61. The van der Waals surface area contributed by atoms with Gasteiger partial charge in [0, 0.05) is 19.6 Å². The maximum absolute atomic E-state index is 11.2. The fourth-order valence-electron chi connectivity index (χ4n) is 1.72. The van der Waals surface area contributed by atoms with Gasteiger partial charge in [-0.15, -0.1) is 0 Å². The van der Waals surface area contributed by atoms with Crippen molar-refractivity contribution in [2.75, 3.05) is 19.6 Å². The van der Waals surface area contributed by atoms with Gasteiger partial charge in [0.2, 0.25) is 5.91 Å². The summed E-state index contributed by atoms with van der Waals surface area (Å²) in [6.45, 7) is 5.29. The molecular weight excluding hydrogens is 196 g/mol. The molecule has 0 aliphatic carbocycles. The van der Waals surface area contributed by atoms with Crippen LogP contribution in [0.5, 0.6) is 0 Å². The fraction of sp³-hybridized carbons (Fsp3) is 0.600. The van der Waals surface area contributed by atoms with Gasteiger partial charge in [0.05, 0.1) is 0 Å². The van der Waals surface area contributed by atoms with Gasteiger partial charge in [0.15, 0.2) is 0 Å². The first-order valence-corrected chi connectivity index (χ1v) is 5.01. The normalized spacial score (nSPS) is 17.2. The van der Waals surface area contributed by atoms with Gasteiger partial charge in [0.1, 0.15) is 0 Å². The molecule has 15 heavy (non-hydrogen) atoms. The third-order valence-corrected chi connectivity index (χ3v) is 2.64. The molecule has 84 valence electrons. The van der Waals surface area contributed by atoms with Crippen LogP contribution in [-0.4, -0.2) is 41.6 Å². The van der Waals surface area contributed by atoms with Crippen molar-refractivity contribution in [2.45, 2.75) is 12.8 Å². The standard InChI is InChI=1S/C10H16N2O3/c1-2-9(13)12-5-3-8(4-6-12)7-11-10(14)15/h2,8,11H,1,3-7H2,(H,14,15). The lowest BCUT2D eigenvalue weighted by Gasteiger charge is -2.31. The molecule has 1 aliphatic rings. The number of hydrogen-bond donors (Lipinski definition) is 2. The summed E-state index contributed by atoms with van der Waals surface area (Å²) < 4.78 is 0. The molecule has 2 amide bonds. The highest BCUT2D eigenvalue weighted by Crippen LogP contribution is 2.16. The molecule has 0 aromatic heterocycles. The Hall–Kier alpha value is -1.52. The van der Waals surface area contributed by atoms with Crippen LogP contribution < -0.4 is 5.32 Å². The van der Waals surface area contributed by atoms with Gasteiger partial charge >= 0.3 is 6.09 Å². The summed E-state index contributed by atoms with van der Waals surface area (Å²) in [5.74, 6) is 0.301. The van der Waals surface area contributed by atoms with E-state index < -0.39 is 6.09 Å². The Bertz CT molecular complexity index is 257. The van der Waals surface area contributed by atoms with E-state index in [9.17, 15) is 9.59 Å². The van der Waals surface area contributed by atoms with Crippen LogP contribution in [0.15, 0.2) is 12.7 Å². The first-order valence-electron chi connectivity index (χ1n) is 5.01. The highest BCUT2D eigenvalue weighted by Gasteiger charge is 2.21. The maximum Gasteiger partial charge on any atom is 0.404 e. The summed E-state index contributed by atoms with van der Waals surface area (Å²) in [6, 6.07) is 0. The summed E-state index contributed by atoms with van der Waals surface area (Å²) >= 11 is 0. The Balaban J connectivity index is 2.26. The lowest BCUT2D eigenvalue weighted by molar-refractivity contribution is -0.127. The topological polar surface area (TPSA) is 69.6 Å². The highest BCUT2D eigenvalue weighted by atomic mass is 16.4. The van der Waals surface area contributed by atoms with Gasteiger partial charge in [0.25, 0.3) is 0 Å². The first kappa shape index (κ1) is 11.6. The smallest absolute Gasteiger partial charge is 0.404 e. The molecule has 5 nitrogen and oxygen atoms in total. The van der Waals surface area contributed by atoms with Gasteiger partial charge in [-0.25, -0.2) is 4.79 Å². The summed E-state index contributed by atoms with van der Waals surface area (Å²) in [5, 5.41) is 10.8. The number of amides is 2. The van der Waals surface area contributed by atoms with Gasteiger partial charge in [-0.2, -0.15) is 0 Å². The predicted molar refractivity (Wildman–Crippen MR) is 55.5 cm³/mol. The van der Waals surface area contributed by atoms with E-state index in [1.54, 1.807) is 4.90 Å². The molecule has 0 atom stereocenters. The molecule has 1 saturated heterocycles. The van der Waals surface area contributed by atoms with Crippen LogP contribution in [0.25, 0.3) is 0 Å². The van der Waals surface area contributed by atoms with Crippen molar-refractivity contribution in [1.82, 2.24) is 10.2 Å². The molecular formula is C10H16N2O3. The summed E-state index contributed by atoms with van der Waals surface area (Å²) in [5.41, 5.74) is 0. The number of carboxylic acid groups (broad SMARTS) is 1. The van der Waals surface area contributed by atoms with E-state index in [0.29, 0.717) is 25.6 Å². The van der Waals surface area contributed by atoms with Gasteiger partial charge in [-0.1, -0.05) is 6.58 Å². The number of likely N-dealkylation sites (tertiary alicyclic amines) is 1. The van der Waals surface area contributed by atoms with Crippen LogP contribution in [-0.2, 0) is 4.79 Å². The number of rotatable bonds is 3. The van der Waals surface area contributed by atoms with E-state index in [4.69, 9.17) is 5.11 Å². The number of carbonyl (C=O) groups excluding carboxylic acids is 1. The molecule has 5 heteroatoms. The second-order valence-electron chi connectivity index (χ2n) is 3.66. The monoisotopic (exact) mass is 212 g/mol. The molecule has 1 aliphatic heterocycles. The fourth-order valence-corrected chi connectivity index (χ4v) is 1.72. The molecule has 2 N–H and O–H groups in total. The molecule has 0 aromatic carbocycles. The van der Waals surface area contributed by atoms with Crippen molar-refractivity contribution in [3.63, 3.8) is 0 Å². The van der Waals surface area contributed by atoms with Crippen LogP contribution in [0.4, 0.5) is 4.79 Å². The number of nitrogens with zero attached hydrogens (tertiary/aromatic N) is 1. The average Bonchev–Trinajstić information content (AvgIpc) is 2.26. The number of piperidine rings is 1. The maximum atomic E-state index is 11.2. The van der Waals surface area contributed by atoms with E-state index in [1.165, 1.54) is 6.08 Å². The molecule has 0 unspecified atom stereocenters. The SMILES string of the molecule is C=CC(=O)N1CCC(CNC(=O)O)CC1. The Kier molecular flexibility index (Phi) is 4.15. The highest BCUT2D eigenvalue weighted by molar-refractivity contribution is 5.87. The predicted octanol–water partition coefficient (Wildman–Crippen LogP) is 0.679. The zero-order valence-electron chi connectivity index (χ0n) is 8.61. The van der Waals surface area contributed by atoms with Crippen molar-refractivity contribution < 1.29 is 14.7 Å².